The quantitative estimate of drug-likeness (QED) is 0.785. The first-order valence-electron chi connectivity index (χ1n) is 7.73. The number of ether oxygens (including phenoxy) is 1. The highest BCUT2D eigenvalue weighted by Crippen LogP contribution is 2.31. The molecule has 120 valence electrons. The van der Waals surface area contributed by atoms with Crippen molar-refractivity contribution in [2.45, 2.75) is 44.6 Å². The third-order valence-electron chi connectivity index (χ3n) is 4.08. The van der Waals surface area contributed by atoms with Crippen LogP contribution in [-0.2, 0) is 14.3 Å². The topological polar surface area (TPSA) is 46.6 Å². The Kier molecular flexibility index (Phi) is 5.92. The summed E-state index contributed by atoms with van der Waals surface area (Å²) in [5.41, 5.74) is 0.974. The number of likely N-dealkylation sites (tertiary alicyclic amines) is 1. The molecule has 1 aliphatic rings. The standard InChI is InChI=1S/C17H22FNO3/c1-22-17(21)7-4-6-16(20)19-12-3-2-5-15(19)13-8-10-14(18)11-9-13/h8-11,15H,2-7,12H2,1H3/t15-/m1/s1. The average molecular weight is 307 g/mol. The number of esters is 1. The fraction of sp³-hybridized carbons (Fsp3) is 0.529. The predicted octanol–water partition coefficient (Wildman–Crippen LogP) is 3.22. The second kappa shape index (κ2) is 7.92. The zero-order valence-corrected chi connectivity index (χ0v) is 12.9. The van der Waals surface area contributed by atoms with Crippen LogP contribution in [0.3, 0.4) is 0 Å². The minimum Gasteiger partial charge on any atom is -0.469 e. The maximum atomic E-state index is 13.1. The number of carbonyl (C=O) groups is 2. The zero-order chi connectivity index (χ0) is 15.9. The number of methoxy groups -OCH3 is 1. The van der Waals surface area contributed by atoms with Gasteiger partial charge in [0.15, 0.2) is 0 Å². The number of halogens is 1. The van der Waals surface area contributed by atoms with Crippen LogP contribution in [0.15, 0.2) is 24.3 Å². The van der Waals surface area contributed by atoms with Crippen molar-refractivity contribution in [2.75, 3.05) is 13.7 Å². The van der Waals surface area contributed by atoms with Crippen molar-refractivity contribution in [1.82, 2.24) is 4.90 Å². The number of rotatable bonds is 5. The summed E-state index contributed by atoms with van der Waals surface area (Å²) in [7, 11) is 1.35. The molecule has 1 saturated heterocycles. The van der Waals surface area contributed by atoms with Crippen LogP contribution in [0, 0.1) is 5.82 Å². The Morgan fingerprint density at radius 1 is 1.23 bits per heavy atom. The molecule has 22 heavy (non-hydrogen) atoms. The lowest BCUT2D eigenvalue weighted by atomic mass is 9.94. The van der Waals surface area contributed by atoms with Crippen LogP contribution in [0.25, 0.3) is 0 Å². The van der Waals surface area contributed by atoms with Gasteiger partial charge in [0.25, 0.3) is 0 Å². The van der Waals surface area contributed by atoms with Crippen molar-refractivity contribution in [3.05, 3.63) is 35.6 Å². The van der Waals surface area contributed by atoms with Crippen LogP contribution in [-0.4, -0.2) is 30.4 Å². The molecule has 1 amide bonds. The van der Waals surface area contributed by atoms with Gasteiger partial charge in [-0.1, -0.05) is 12.1 Å². The molecule has 0 aromatic heterocycles. The highest BCUT2D eigenvalue weighted by atomic mass is 19.1. The summed E-state index contributed by atoms with van der Waals surface area (Å²) in [6.45, 7) is 0.721. The molecular weight excluding hydrogens is 285 g/mol. The van der Waals surface area contributed by atoms with Gasteiger partial charge in [-0.3, -0.25) is 9.59 Å². The van der Waals surface area contributed by atoms with Gasteiger partial charge in [0.2, 0.25) is 5.91 Å². The van der Waals surface area contributed by atoms with Crippen LogP contribution < -0.4 is 0 Å². The maximum Gasteiger partial charge on any atom is 0.305 e. The third-order valence-corrected chi connectivity index (χ3v) is 4.08. The molecule has 0 bridgehead atoms. The highest BCUT2D eigenvalue weighted by Gasteiger charge is 2.27. The summed E-state index contributed by atoms with van der Waals surface area (Å²) < 4.78 is 17.6. The van der Waals surface area contributed by atoms with Crippen molar-refractivity contribution in [3.8, 4) is 0 Å². The van der Waals surface area contributed by atoms with E-state index in [1.54, 1.807) is 12.1 Å². The second-order valence-electron chi connectivity index (χ2n) is 5.58. The Hall–Kier alpha value is -1.91. The summed E-state index contributed by atoms with van der Waals surface area (Å²) in [5, 5.41) is 0. The van der Waals surface area contributed by atoms with Crippen LogP contribution >= 0.6 is 0 Å². The van der Waals surface area contributed by atoms with E-state index in [1.807, 2.05) is 4.90 Å². The van der Waals surface area contributed by atoms with E-state index in [1.165, 1.54) is 19.2 Å². The van der Waals surface area contributed by atoms with Crippen molar-refractivity contribution < 1.29 is 18.7 Å². The van der Waals surface area contributed by atoms with Crippen molar-refractivity contribution >= 4 is 11.9 Å². The van der Waals surface area contributed by atoms with Gasteiger partial charge in [-0.25, -0.2) is 4.39 Å². The lowest BCUT2D eigenvalue weighted by Crippen LogP contribution is -2.38. The lowest BCUT2D eigenvalue weighted by Gasteiger charge is -2.36. The first kappa shape index (κ1) is 16.5. The SMILES string of the molecule is COC(=O)CCCC(=O)N1CCCC[C@@H]1c1ccc(F)cc1. The van der Waals surface area contributed by atoms with Crippen LogP contribution in [0.5, 0.6) is 0 Å². The largest absolute Gasteiger partial charge is 0.469 e. The summed E-state index contributed by atoms with van der Waals surface area (Å²) in [4.78, 5) is 25.4. The first-order chi connectivity index (χ1) is 10.6. The molecule has 0 N–H and O–H groups in total. The van der Waals surface area contributed by atoms with E-state index in [0.29, 0.717) is 12.8 Å². The van der Waals surface area contributed by atoms with Crippen molar-refractivity contribution in [1.29, 1.82) is 0 Å². The highest BCUT2D eigenvalue weighted by molar-refractivity contribution is 5.77. The first-order valence-corrected chi connectivity index (χ1v) is 7.73. The molecule has 4 nitrogen and oxygen atoms in total. The number of carbonyl (C=O) groups excluding carboxylic acids is 2. The fourth-order valence-corrected chi connectivity index (χ4v) is 2.89. The molecule has 1 heterocycles. The fourth-order valence-electron chi connectivity index (χ4n) is 2.89. The average Bonchev–Trinajstić information content (AvgIpc) is 2.55. The number of benzene rings is 1. The zero-order valence-electron chi connectivity index (χ0n) is 12.9. The minimum absolute atomic E-state index is 0.0139. The molecule has 1 atom stereocenters. The van der Waals surface area contributed by atoms with E-state index in [-0.39, 0.29) is 30.2 Å². The van der Waals surface area contributed by atoms with E-state index in [9.17, 15) is 14.0 Å². The van der Waals surface area contributed by atoms with Crippen LogP contribution in [0.4, 0.5) is 4.39 Å². The van der Waals surface area contributed by atoms with Crippen LogP contribution in [0.2, 0.25) is 0 Å². The molecule has 0 unspecified atom stereocenters. The van der Waals surface area contributed by atoms with E-state index >= 15 is 0 Å². The number of piperidine rings is 1. The van der Waals surface area contributed by atoms with E-state index in [2.05, 4.69) is 4.74 Å². The number of nitrogens with zero attached hydrogens (tertiary/aromatic N) is 1. The van der Waals surface area contributed by atoms with Crippen molar-refractivity contribution in [2.24, 2.45) is 0 Å². The van der Waals surface area contributed by atoms with Gasteiger partial charge in [0.1, 0.15) is 5.82 Å². The molecule has 1 aromatic carbocycles. The van der Waals surface area contributed by atoms with Gasteiger partial charge in [0.05, 0.1) is 13.2 Å². The molecule has 1 fully saturated rings. The Bertz CT molecular complexity index is 515. The molecule has 0 radical (unpaired) electrons. The van der Waals surface area contributed by atoms with Crippen LogP contribution in [0.1, 0.15) is 50.1 Å². The van der Waals surface area contributed by atoms with E-state index in [4.69, 9.17) is 0 Å². The minimum atomic E-state index is -0.290. The maximum absolute atomic E-state index is 13.1. The van der Waals surface area contributed by atoms with Gasteiger partial charge in [-0.15, -0.1) is 0 Å². The van der Waals surface area contributed by atoms with Gasteiger partial charge >= 0.3 is 5.97 Å². The number of amides is 1. The number of hydrogen-bond donors (Lipinski definition) is 0. The Balaban J connectivity index is 1.98. The monoisotopic (exact) mass is 307 g/mol. The van der Waals surface area contributed by atoms with Gasteiger partial charge in [-0.05, 0) is 43.4 Å². The molecule has 1 aromatic rings. The molecule has 1 aliphatic heterocycles. The van der Waals surface area contributed by atoms with E-state index < -0.39 is 0 Å². The van der Waals surface area contributed by atoms with Gasteiger partial charge < -0.3 is 9.64 Å². The molecular formula is C17H22FNO3. The summed E-state index contributed by atoms with van der Waals surface area (Å²) in [6.07, 6.45) is 4.05. The lowest BCUT2D eigenvalue weighted by molar-refractivity contribution is -0.141. The smallest absolute Gasteiger partial charge is 0.305 e. The second-order valence-corrected chi connectivity index (χ2v) is 5.58. The molecule has 0 saturated carbocycles. The number of hydrogen-bond acceptors (Lipinski definition) is 3. The summed E-state index contributed by atoms with van der Waals surface area (Å²) in [5.74, 6) is -0.505. The Labute approximate surface area is 130 Å². The molecule has 0 spiro atoms. The van der Waals surface area contributed by atoms with E-state index in [0.717, 1.165) is 31.4 Å². The normalized spacial score (nSPS) is 18.1. The molecule has 5 heteroatoms. The predicted molar refractivity (Wildman–Crippen MR) is 80.6 cm³/mol. The van der Waals surface area contributed by atoms with Gasteiger partial charge in [0, 0.05) is 19.4 Å². The summed E-state index contributed by atoms with van der Waals surface area (Å²) >= 11 is 0. The Morgan fingerprint density at radius 2 is 1.95 bits per heavy atom. The van der Waals surface area contributed by atoms with Crippen molar-refractivity contribution in [3.63, 3.8) is 0 Å². The molecule has 0 aliphatic carbocycles. The Morgan fingerprint density at radius 3 is 2.64 bits per heavy atom. The van der Waals surface area contributed by atoms with Gasteiger partial charge in [-0.2, -0.15) is 0 Å². The summed E-state index contributed by atoms with van der Waals surface area (Å²) in [6, 6.07) is 6.38. The third kappa shape index (κ3) is 4.29. The molecule has 2 rings (SSSR count).